The summed E-state index contributed by atoms with van der Waals surface area (Å²) in [6.45, 7) is 1.57. The van der Waals surface area contributed by atoms with Crippen molar-refractivity contribution >= 4 is 17.6 Å². The van der Waals surface area contributed by atoms with E-state index in [4.69, 9.17) is 10.00 Å². The van der Waals surface area contributed by atoms with E-state index in [0.29, 0.717) is 17.7 Å². The summed E-state index contributed by atoms with van der Waals surface area (Å²) in [6.07, 6.45) is 0.322. The zero-order valence-corrected chi connectivity index (χ0v) is 12.7. The monoisotopic (exact) mass is 308 g/mol. The van der Waals surface area contributed by atoms with E-state index in [1.165, 1.54) is 0 Å². The molecule has 2 rings (SSSR count). The number of carbonyl (C=O) groups is 2. The number of rotatable bonds is 5. The van der Waals surface area contributed by atoms with Crippen molar-refractivity contribution in [3.05, 3.63) is 65.2 Å². The van der Waals surface area contributed by atoms with Crippen LogP contribution >= 0.6 is 0 Å². The highest BCUT2D eigenvalue weighted by Gasteiger charge is 2.10. The second kappa shape index (κ2) is 7.76. The highest BCUT2D eigenvalue weighted by molar-refractivity contribution is 5.95. The van der Waals surface area contributed by atoms with Gasteiger partial charge in [-0.15, -0.1) is 0 Å². The molecule has 0 unspecified atom stereocenters. The van der Waals surface area contributed by atoms with Crippen LogP contribution in [-0.2, 0) is 16.0 Å². The summed E-state index contributed by atoms with van der Waals surface area (Å²) < 4.78 is 4.97. The third-order valence-corrected chi connectivity index (χ3v) is 3.14. The van der Waals surface area contributed by atoms with Gasteiger partial charge in [-0.05, 0) is 36.8 Å². The largest absolute Gasteiger partial charge is 0.452 e. The zero-order chi connectivity index (χ0) is 16.7. The van der Waals surface area contributed by atoms with Gasteiger partial charge in [0.15, 0.2) is 6.61 Å². The predicted molar refractivity (Wildman–Crippen MR) is 85.9 cm³/mol. The fraction of sp³-hybridized carbons (Fsp3) is 0.167. The van der Waals surface area contributed by atoms with Crippen LogP contribution in [0.1, 0.15) is 21.5 Å². The second-order valence-electron chi connectivity index (χ2n) is 5.02. The lowest BCUT2D eigenvalue weighted by molar-refractivity contribution is -0.119. The summed E-state index contributed by atoms with van der Waals surface area (Å²) in [7, 11) is 0. The Morgan fingerprint density at radius 2 is 1.74 bits per heavy atom. The van der Waals surface area contributed by atoms with Gasteiger partial charge in [-0.1, -0.05) is 29.8 Å². The topological polar surface area (TPSA) is 79.2 Å². The molecule has 0 heterocycles. The molecule has 116 valence electrons. The summed E-state index contributed by atoms with van der Waals surface area (Å²) in [5, 5.41) is 11.2. The maximum atomic E-state index is 11.8. The van der Waals surface area contributed by atoms with E-state index in [1.54, 1.807) is 48.5 Å². The number of benzene rings is 2. The summed E-state index contributed by atoms with van der Waals surface area (Å²) in [5.41, 5.74) is 2.91. The molecule has 2 aromatic carbocycles. The summed E-state index contributed by atoms with van der Waals surface area (Å²) in [5.74, 6) is -0.956. The first kappa shape index (κ1) is 16.2. The normalized spacial score (nSPS) is 9.74. The van der Waals surface area contributed by atoms with E-state index in [2.05, 4.69) is 11.4 Å². The molecule has 5 heteroatoms. The molecule has 2 aromatic rings. The van der Waals surface area contributed by atoms with Gasteiger partial charge in [0, 0.05) is 5.69 Å². The minimum atomic E-state index is -0.537. The number of esters is 1. The average Bonchev–Trinajstić information content (AvgIpc) is 2.55. The number of ether oxygens (including phenoxy) is 1. The van der Waals surface area contributed by atoms with Crippen LogP contribution in [0.5, 0.6) is 0 Å². The van der Waals surface area contributed by atoms with Crippen LogP contribution in [0.25, 0.3) is 0 Å². The van der Waals surface area contributed by atoms with Crippen LogP contribution in [0.15, 0.2) is 48.5 Å². The lowest BCUT2D eigenvalue weighted by Gasteiger charge is -2.07. The Bertz CT molecular complexity index is 728. The van der Waals surface area contributed by atoms with Crippen LogP contribution in [0.4, 0.5) is 5.69 Å². The quantitative estimate of drug-likeness (QED) is 0.861. The van der Waals surface area contributed by atoms with Crippen molar-refractivity contribution in [1.82, 2.24) is 0 Å². The van der Waals surface area contributed by atoms with Crippen molar-refractivity contribution in [2.75, 3.05) is 11.9 Å². The molecule has 0 aliphatic rings. The minimum Gasteiger partial charge on any atom is -0.452 e. The van der Waals surface area contributed by atoms with Crippen molar-refractivity contribution in [2.24, 2.45) is 0 Å². The molecule has 0 fully saturated rings. The van der Waals surface area contributed by atoms with Crippen molar-refractivity contribution in [2.45, 2.75) is 13.3 Å². The summed E-state index contributed by atoms with van der Waals surface area (Å²) >= 11 is 0. The van der Waals surface area contributed by atoms with Gasteiger partial charge >= 0.3 is 5.97 Å². The van der Waals surface area contributed by atoms with E-state index >= 15 is 0 Å². The Morgan fingerprint density at radius 1 is 1.09 bits per heavy atom. The van der Waals surface area contributed by atoms with E-state index in [9.17, 15) is 9.59 Å². The SMILES string of the molecule is Cc1ccc(C(=O)OCC(=O)Nc2ccc(CC#N)cc2)cc1. The second-order valence-corrected chi connectivity index (χ2v) is 5.02. The van der Waals surface area contributed by atoms with Gasteiger partial charge in [0.25, 0.3) is 5.91 Å². The molecule has 0 aliphatic heterocycles. The summed E-state index contributed by atoms with van der Waals surface area (Å²) in [4.78, 5) is 23.6. The van der Waals surface area contributed by atoms with Crippen LogP contribution in [-0.4, -0.2) is 18.5 Å². The molecule has 0 aromatic heterocycles. The Kier molecular flexibility index (Phi) is 5.48. The van der Waals surface area contributed by atoms with Gasteiger partial charge in [-0.25, -0.2) is 4.79 Å². The number of hydrogen-bond acceptors (Lipinski definition) is 4. The number of anilines is 1. The molecular formula is C18H16N2O3. The minimum absolute atomic E-state index is 0.322. The van der Waals surface area contributed by atoms with Crippen molar-refractivity contribution in [3.63, 3.8) is 0 Å². The van der Waals surface area contributed by atoms with Crippen LogP contribution in [0.3, 0.4) is 0 Å². The molecular weight excluding hydrogens is 292 g/mol. The molecule has 1 amide bonds. The lowest BCUT2D eigenvalue weighted by atomic mass is 10.1. The fourth-order valence-electron chi connectivity index (χ4n) is 1.90. The van der Waals surface area contributed by atoms with Gasteiger partial charge in [0.05, 0.1) is 18.1 Å². The van der Waals surface area contributed by atoms with Gasteiger partial charge in [-0.3, -0.25) is 4.79 Å². The Hall–Kier alpha value is -3.13. The van der Waals surface area contributed by atoms with Crippen LogP contribution in [0, 0.1) is 18.3 Å². The highest BCUT2D eigenvalue weighted by atomic mass is 16.5. The molecule has 0 aliphatic carbocycles. The number of nitriles is 1. The van der Waals surface area contributed by atoms with Crippen molar-refractivity contribution < 1.29 is 14.3 Å². The molecule has 0 spiro atoms. The third-order valence-electron chi connectivity index (χ3n) is 3.14. The van der Waals surface area contributed by atoms with E-state index in [-0.39, 0.29) is 6.61 Å². The molecule has 0 saturated carbocycles. The van der Waals surface area contributed by atoms with Gasteiger partial charge in [-0.2, -0.15) is 5.26 Å². The van der Waals surface area contributed by atoms with E-state index < -0.39 is 11.9 Å². The average molecular weight is 308 g/mol. The number of hydrogen-bond donors (Lipinski definition) is 1. The number of amides is 1. The van der Waals surface area contributed by atoms with Crippen LogP contribution < -0.4 is 5.32 Å². The standard InChI is InChI=1S/C18H16N2O3/c1-13-2-6-15(7-3-13)18(22)23-12-17(21)20-16-8-4-14(5-9-16)10-11-19/h2-9H,10,12H2,1H3,(H,20,21). The molecule has 0 bridgehead atoms. The smallest absolute Gasteiger partial charge is 0.338 e. The molecule has 0 atom stereocenters. The maximum absolute atomic E-state index is 11.8. The van der Waals surface area contributed by atoms with Gasteiger partial charge in [0.1, 0.15) is 0 Å². The molecule has 5 nitrogen and oxygen atoms in total. The third kappa shape index (κ3) is 4.97. The number of carbonyl (C=O) groups excluding carboxylic acids is 2. The maximum Gasteiger partial charge on any atom is 0.338 e. The number of nitrogens with zero attached hydrogens (tertiary/aromatic N) is 1. The fourth-order valence-corrected chi connectivity index (χ4v) is 1.90. The van der Waals surface area contributed by atoms with Crippen LogP contribution in [0.2, 0.25) is 0 Å². The first-order valence-electron chi connectivity index (χ1n) is 7.08. The number of nitrogens with one attached hydrogen (secondary N) is 1. The predicted octanol–water partition coefficient (Wildman–Crippen LogP) is 2.86. The molecule has 23 heavy (non-hydrogen) atoms. The Labute approximate surface area is 134 Å². The first-order valence-corrected chi connectivity index (χ1v) is 7.08. The van der Waals surface area contributed by atoms with E-state index in [0.717, 1.165) is 11.1 Å². The van der Waals surface area contributed by atoms with E-state index in [1.807, 2.05) is 6.92 Å². The zero-order valence-electron chi connectivity index (χ0n) is 12.7. The molecule has 1 N–H and O–H groups in total. The van der Waals surface area contributed by atoms with Crippen molar-refractivity contribution in [1.29, 1.82) is 5.26 Å². The summed E-state index contributed by atoms with van der Waals surface area (Å²) in [6, 6.07) is 15.9. The van der Waals surface area contributed by atoms with Gasteiger partial charge in [0.2, 0.25) is 0 Å². The highest BCUT2D eigenvalue weighted by Crippen LogP contribution is 2.10. The Morgan fingerprint density at radius 3 is 2.35 bits per heavy atom. The van der Waals surface area contributed by atoms with Crippen molar-refractivity contribution in [3.8, 4) is 6.07 Å². The first-order chi connectivity index (χ1) is 11.1. The van der Waals surface area contributed by atoms with Gasteiger partial charge < -0.3 is 10.1 Å². The Balaban J connectivity index is 1.84. The molecule has 0 radical (unpaired) electrons. The lowest BCUT2D eigenvalue weighted by Crippen LogP contribution is -2.20. The molecule has 0 saturated heterocycles. The number of aryl methyl sites for hydroxylation is 1.